The molecule has 6 fully saturated rings. The quantitative estimate of drug-likeness (QED) is 0.561. The lowest BCUT2D eigenvalue weighted by molar-refractivity contribution is -0.139. The van der Waals surface area contributed by atoms with Gasteiger partial charge in [0.05, 0.1) is 19.3 Å². The number of amides is 1. The standard InChI is InChI=1S/C22H38N6O4/c1-21(2,3)31-20(29)27-12-22(13-27)10-26(11-22)19-24-18(32-25-19)14-4-5-15-7-23-28(17(15)6-14)16-8-30-9-16/h14-19,23-25H,4-13H2,1-3H3. The zero-order valence-electron chi connectivity index (χ0n) is 19.5. The van der Waals surface area contributed by atoms with Crippen LogP contribution in [-0.4, -0.2) is 97.0 Å². The molecule has 0 aromatic heterocycles. The van der Waals surface area contributed by atoms with Gasteiger partial charge in [-0.15, -0.1) is 0 Å². The fourth-order valence-electron chi connectivity index (χ4n) is 6.41. The third-order valence-electron chi connectivity index (χ3n) is 8.11. The van der Waals surface area contributed by atoms with Gasteiger partial charge in [0.25, 0.3) is 0 Å². The summed E-state index contributed by atoms with van der Waals surface area (Å²) in [6, 6.07) is 1.13. The number of hydrazine groups is 1. The van der Waals surface area contributed by atoms with E-state index in [1.54, 1.807) is 0 Å². The lowest BCUT2D eigenvalue weighted by atomic mass is 9.73. The Morgan fingerprint density at radius 1 is 1.09 bits per heavy atom. The number of hydrogen-bond acceptors (Lipinski definition) is 9. The summed E-state index contributed by atoms with van der Waals surface area (Å²) in [4.78, 5) is 22.5. The number of hydrogen-bond donors (Lipinski definition) is 3. The number of fused-ring (bicyclic) bond motifs is 1. The fourth-order valence-corrected chi connectivity index (χ4v) is 6.41. The van der Waals surface area contributed by atoms with Crippen LogP contribution in [0.15, 0.2) is 0 Å². The molecule has 5 atom stereocenters. The number of nitrogens with zero attached hydrogens (tertiary/aromatic N) is 3. The Morgan fingerprint density at radius 2 is 1.84 bits per heavy atom. The summed E-state index contributed by atoms with van der Waals surface area (Å²) in [5, 5.41) is 6.17. The molecule has 6 rings (SSSR count). The molecule has 1 amide bonds. The van der Waals surface area contributed by atoms with Crippen molar-refractivity contribution in [3.8, 4) is 0 Å². The second-order valence-electron chi connectivity index (χ2n) is 11.8. The molecule has 0 bridgehead atoms. The van der Waals surface area contributed by atoms with Crippen LogP contribution in [-0.2, 0) is 14.3 Å². The molecular formula is C22H38N6O4. The van der Waals surface area contributed by atoms with Crippen molar-refractivity contribution in [3.63, 3.8) is 0 Å². The summed E-state index contributed by atoms with van der Waals surface area (Å²) in [6.45, 7) is 12.1. The highest BCUT2D eigenvalue weighted by atomic mass is 16.7. The van der Waals surface area contributed by atoms with Gasteiger partial charge in [0.15, 0.2) is 0 Å². The van der Waals surface area contributed by atoms with Crippen LogP contribution < -0.4 is 16.2 Å². The van der Waals surface area contributed by atoms with Gasteiger partial charge in [0.2, 0.25) is 0 Å². The minimum absolute atomic E-state index is 0.0526. The van der Waals surface area contributed by atoms with Crippen molar-refractivity contribution < 1.29 is 19.1 Å². The summed E-state index contributed by atoms with van der Waals surface area (Å²) in [6.07, 6.45) is 3.54. The van der Waals surface area contributed by atoms with E-state index in [4.69, 9.17) is 14.3 Å². The van der Waals surface area contributed by atoms with Crippen molar-refractivity contribution in [2.45, 2.75) is 70.2 Å². The molecule has 180 valence electrons. The molecule has 5 unspecified atom stereocenters. The lowest BCUT2D eigenvalue weighted by Gasteiger charge is -2.60. The van der Waals surface area contributed by atoms with E-state index >= 15 is 0 Å². The van der Waals surface area contributed by atoms with Crippen LogP contribution in [0.2, 0.25) is 0 Å². The van der Waals surface area contributed by atoms with Gasteiger partial charge in [0, 0.05) is 50.1 Å². The van der Waals surface area contributed by atoms with Crippen molar-refractivity contribution in [1.82, 2.24) is 31.0 Å². The first-order chi connectivity index (χ1) is 15.3. The molecule has 6 aliphatic rings. The van der Waals surface area contributed by atoms with Crippen molar-refractivity contribution in [2.24, 2.45) is 17.3 Å². The van der Waals surface area contributed by atoms with E-state index < -0.39 is 5.60 Å². The van der Waals surface area contributed by atoms with Crippen molar-refractivity contribution in [1.29, 1.82) is 0 Å². The van der Waals surface area contributed by atoms with Gasteiger partial charge in [-0.1, -0.05) is 0 Å². The van der Waals surface area contributed by atoms with E-state index in [2.05, 4.69) is 26.1 Å². The molecule has 0 radical (unpaired) electrons. The Labute approximate surface area is 190 Å². The van der Waals surface area contributed by atoms with Crippen LogP contribution in [0, 0.1) is 17.3 Å². The van der Waals surface area contributed by atoms with Gasteiger partial charge in [-0.2, -0.15) is 5.48 Å². The number of ether oxygens (including phenoxy) is 2. The first-order valence-electron chi connectivity index (χ1n) is 12.3. The molecular weight excluding hydrogens is 412 g/mol. The van der Waals surface area contributed by atoms with E-state index in [-0.39, 0.29) is 24.0 Å². The first-order valence-corrected chi connectivity index (χ1v) is 12.3. The average molecular weight is 451 g/mol. The molecule has 0 aromatic rings. The van der Waals surface area contributed by atoms with Crippen LogP contribution in [0.3, 0.4) is 0 Å². The summed E-state index contributed by atoms with van der Waals surface area (Å²) < 4.78 is 10.9. The van der Waals surface area contributed by atoms with Crippen molar-refractivity contribution >= 4 is 6.09 Å². The fraction of sp³-hybridized carbons (Fsp3) is 0.955. The topological polar surface area (TPSA) is 90.6 Å². The van der Waals surface area contributed by atoms with Gasteiger partial charge < -0.3 is 14.4 Å². The minimum atomic E-state index is -0.439. The molecule has 1 saturated carbocycles. The molecule has 5 saturated heterocycles. The highest BCUT2D eigenvalue weighted by molar-refractivity contribution is 5.69. The first kappa shape index (κ1) is 21.5. The second-order valence-corrected chi connectivity index (χ2v) is 11.8. The molecule has 10 heteroatoms. The molecule has 1 aliphatic carbocycles. The highest BCUT2D eigenvalue weighted by Gasteiger charge is 2.56. The second kappa shape index (κ2) is 7.76. The maximum atomic E-state index is 12.2. The Kier molecular flexibility index (Phi) is 5.22. The summed E-state index contributed by atoms with van der Waals surface area (Å²) in [7, 11) is 0. The maximum Gasteiger partial charge on any atom is 0.410 e. The summed E-state index contributed by atoms with van der Waals surface area (Å²) in [5.41, 5.74) is 6.65. The van der Waals surface area contributed by atoms with E-state index in [1.165, 1.54) is 12.8 Å². The number of carbonyl (C=O) groups excluding carboxylic acids is 1. The predicted molar refractivity (Wildman–Crippen MR) is 116 cm³/mol. The van der Waals surface area contributed by atoms with Crippen LogP contribution in [0.25, 0.3) is 0 Å². The zero-order valence-corrected chi connectivity index (χ0v) is 19.5. The third kappa shape index (κ3) is 3.83. The molecule has 0 aromatic carbocycles. The van der Waals surface area contributed by atoms with E-state index in [9.17, 15) is 4.79 Å². The van der Waals surface area contributed by atoms with Crippen molar-refractivity contribution in [3.05, 3.63) is 0 Å². The Hall–Kier alpha value is -1.01. The molecule has 3 N–H and O–H groups in total. The van der Waals surface area contributed by atoms with Gasteiger partial charge >= 0.3 is 6.09 Å². The van der Waals surface area contributed by atoms with Crippen LogP contribution in [0.5, 0.6) is 0 Å². The number of rotatable bonds is 3. The molecule has 5 aliphatic heterocycles. The largest absolute Gasteiger partial charge is 0.444 e. The minimum Gasteiger partial charge on any atom is -0.444 e. The Bertz CT molecular complexity index is 728. The van der Waals surface area contributed by atoms with Gasteiger partial charge in [-0.3, -0.25) is 20.5 Å². The molecule has 10 nitrogen and oxygen atoms in total. The average Bonchev–Trinajstić information content (AvgIpc) is 3.24. The summed E-state index contributed by atoms with van der Waals surface area (Å²) in [5.74, 6) is 1.26. The number of hydroxylamine groups is 1. The summed E-state index contributed by atoms with van der Waals surface area (Å²) >= 11 is 0. The number of nitrogens with one attached hydrogen (secondary N) is 3. The third-order valence-corrected chi connectivity index (χ3v) is 8.11. The zero-order chi connectivity index (χ0) is 22.1. The lowest BCUT2D eigenvalue weighted by Crippen LogP contribution is -2.76. The van der Waals surface area contributed by atoms with Gasteiger partial charge in [-0.05, 0) is 46.0 Å². The Morgan fingerprint density at radius 3 is 2.53 bits per heavy atom. The highest BCUT2D eigenvalue weighted by Crippen LogP contribution is 2.42. The van der Waals surface area contributed by atoms with E-state index in [0.29, 0.717) is 18.0 Å². The molecule has 32 heavy (non-hydrogen) atoms. The van der Waals surface area contributed by atoms with Crippen LogP contribution in [0.1, 0.15) is 40.0 Å². The molecule has 1 spiro atoms. The van der Waals surface area contributed by atoms with Crippen LogP contribution >= 0.6 is 0 Å². The number of likely N-dealkylation sites (tertiary alicyclic amines) is 2. The normalized spacial score (nSPS) is 40.0. The van der Waals surface area contributed by atoms with E-state index in [0.717, 1.165) is 58.3 Å². The predicted octanol–water partition coefficient (Wildman–Crippen LogP) is 0.277. The van der Waals surface area contributed by atoms with Crippen LogP contribution in [0.4, 0.5) is 4.79 Å². The molecule has 5 heterocycles. The van der Waals surface area contributed by atoms with E-state index in [1.807, 2.05) is 25.7 Å². The monoisotopic (exact) mass is 450 g/mol. The number of carbonyl (C=O) groups is 1. The maximum absolute atomic E-state index is 12.2. The van der Waals surface area contributed by atoms with Gasteiger partial charge in [0.1, 0.15) is 18.1 Å². The Balaban J connectivity index is 0.965. The SMILES string of the molecule is CC(C)(C)OC(=O)N1CC2(C1)CN(C1NOC(C3CCC4CNN(C5COC5)C4C3)N1)C2. The van der Waals surface area contributed by atoms with Crippen molar-refractivity contribution in [2.75, 3.05) is 45.9 Å². The smallest absolute Gasteiger partial charge is 0.410 e. The van der Waals surface area contributed by atoms with Gasteiger partial charge in [-0.25, -0.2) is 9.80 Å².